The van der Waals surface area contributed by atoms with Crippen LogP contribution < -0.4 is 0 Å². The van der Waals surface area contributed by atoms with Crippen molar-refractivity contribution in [2.75, 3.05) is 0 Å². The molecule has 4 heteroatoms. The van der Waals surface area contributed by atoms with Crippen LogP contribution in [0.4, 0.5) is 0 Å². The van der Waals surface area contributed by atoms with Crippen LogP contribution in [0.1, 0.15) is 16.1 Å². The van der Waals surface area contributed by atoms with E-state index in [1.165, 1.54) is 6.08 Å². The van der Waals surface area contributed by atoms with Gasteiger partial charge in [0.2, 0.25) is 5.78 Å². The van der Waals surface area contributed by atoms with Crippen molar-refractivity contribution < 1.29 is 4.79 Å². The first-order valence-corrected chi connectivity index (χ1v) is 7.94. The number of pyridine rings is 1. The van der Waals surface area contributed by atoms with Gasteiger partial charge in [-0.25, -0.2) is 0 Å². The Morgan fingerprint density at radius 1 is 1.00 bits per heavy atom. The highest BCUT2D eigenvalue weighted by Gasteiger charge is 2.13. The molecule has 0 saturated carbocycles. The summed E-state index contributed by atoms with van der Waals surface area (Å²) in [6.45, 7) is 0. The molecule has 2 heterocycles. The van der Waals surface area contributed by atoms with Crippen LogP contribution in [0.2, 0.25) is 5.02 Å². The minimum Gasteiger partial charge on any atom is -0.353 e. The fourth-order valence-electron chi connectivity index (χ4n) is 2.82. The monoisotopic (exact) mass is 332 g/mol. The van der Waals surface area contributed by atoms with Crippen molar-refractivity contribution >= 4 is 45.3 Å². The molecule has 0 bridgehead atoms. The smallest absolute Gasteiger partial charge is 0.206 e. The van der Waals surface area contributed by atoms with Gasteiger partial charge in [-0.1, -0.05) is 48.0 Å². The van der Waals surface area contributed by atoms with E-state index < -0.39 is 0 Å². The Morgan fingerprint density at radius 2 is 1.79 bits per heavy atom. The number of nitrogens with zero attached hydrogens (tertiary/aromatic N) is 1. The largest absolute Gasteiger partial charge is 0.353 e. The Morgan fingerprint density at radius 3 is 2.67 bits per heavy atom. The summed E-state index contributed by atoms with van der Waals surface area (Å²) in [5, 5.41) is 2.69. The van der Waals surface area contributed by atoms with E-state index in [2.05, 4.69) is 9.97 Å². The molecule has 4 aromatic rings. The van der Waals surface area contributed by atoms with Crippen molar-refractivity contribution in [2.24, 2.45) is 0 Å². The molecule has 4 rings (SSSR count). The van der Waals surface area contributed by atoms with E-state index in [4.69, 9.17) is 11.6 Å². The minimum atomic E-state index is -0.160. The van der Waals surface area contributed by atoms with E-state index in [0.717, 1.165) is 27.4 Å². The number of benzene rings is 2. The molecule has 0 aliphatic heterocycles. The van der Waals surface area contributed by atoms with Crippen LogP contribution in [0.3, 0.4) is 0 Å². The van der Waals surface area contributed by atoms with Crippen LogP contribution in [-0.2, 0) is 0 Å². The number of rotatable bonds is 3. The first kappa shape index (κ1) is 14.7. The predicted octanol–water partition coefficient (Wildman–Crippen LogP) is 5.27. The third-order valence-corrected chi connectivity index (χ3v) is 4.32. The first-order chi connectivity index (χ1) is 11.7. The number of aromatic amines is 1. The Hall–Kier alpha value is -2.91. The van der Waals surface area contributed by atoms with Gasteiger partial charge in [-0.05, 0) is 35.9 Å². The fraction of sp³-hybridized carbons (Fsp3) is 0. The van der Waals surface area contributed by atoms with Gasteiger partial charge >= 0.3 is 0 Å². The van der Waals surface area contributed by atoms with Crippen LogP contribution in [0.25, 0.3) is 27.9 Å². The maximum atomic E-state index is 12.6. The van der Waals surface area contributed by atoms with Gasteiger partial charge in [-0.15, -0.1) is 0 Å². The highest BCUT2D eigenvalue weighted by molar-refractivity contribution is 6.32. The molecule has 0 aliphatic carbocycles. The number of carbonyl (C=O) groups is 1. The molecule has 2 aromatic carbocycles. The minimum absolute atomic E-state index is 0.160. The van der Waals surface area contributed by atoms with Crippen LogP contribution in [0, 0.1) is 0 Å². The molecule has 0 atom stereocenters. The topological polar surface area (TPSA) is 45.8 Å². The van der Waals surface area contributed by atoms with Crippen LogP contribution in [0.15, 0.2) is 66.9 Å². The number of aromatic nitrogens is 2. The summed E-state index contributed by atoms with van der Waals surface area (Å²) in [4.78, 5) is 20.2. The average Bonchev–Trinajstić information content (AvgIpc) is 2.99. The van der Waals surface area contributed by atoms with E-state index in [1.807, 2.05) is 48.5 Å². The van der Waals surface area contributed by atoms with Crippen molar-refractivity contribution in [3.05, 3.63) is 83.2 Å². The summed E-state index contributed by atoms with van der Waals surface area (Å²) in [5.74, 6) is -0.160. The highest BCUT2D eigenvalue weighted by Crippen LogP contribution is 2.27. The van der Waals surface area contributed by atoms with Gasteiger partial charge in [0.1, 0.15) is 5.69 Å². The zero-order valence-electron chi connectivity index (χ0n) is 12.7. The zero-order chi connectivity index (χ0) is 16.5. The predicted molar refractivity (Wildman–Crippen MR) is 98.4 cm³/mol. The third kappa shape index (κ3) is 2.49. The van der Waals surface area contributed by atoms with Gasteiger partial charge in [0, 0.05) is 27.5 Å². The molecule has 0 aliphatic rings. The number of hydrogen-bond donors (Lipinski definition) is 1. The summed E-state index contributed by atoms with van der Waals surface area (Å²) in [6.07, 6.45) is 4.89. The second-order valence-electron chi connectivity index (χ2n) is 5.47. The molecular formula is C20H13ClN2O. The van der Waals surface area contributed by atoms with Crippen molar-refractivity contribution in [3.63, 3.8) is 0 Å². The van der Waals surface area contributed by atoms with Crippen LogP contribution >= 0.6 is 11.6 Å². The van der Waals surface area contributed by atoms with E-state index >= 15 is 0 Å². The molecule has 0 unspecified atom stereocenters. The molecule has 2 aromatic heterocycles. The van der Waals surface area contributed by atoms with Crippen LogP contribution in [0.5, 0.6) is 0 Å². The van der Waals surface area contributed by atoms with Crippen LogP contribution in [-0.4, -0.2) is 15.8 Å². The SMILES string of the molecule is O=C(/C=C/c1ccccc1Cl)c1nccc2c1[nH]c1ccccc12. The molecule has 116 valence electrons. The van der Waals surface area contributed by atoms with E-state index in [0.29, 0.717) is 10.7 Å². The zero-order valence-corrected chi connectivity index (χ0v) is 13.4. The van der Waals surface area contributed by atoms with Gasteiger partial charge in [-0.2, -0.15) is 0 Å². The molecule has 0 amide bonds. The lowest BCUT2D eigenvalue weighted by Crippen LogP contribution is -1.99. The molecule has 0 spiro atoms. The number of ketones is 1. The second-order valence-corrected chi connectivity index (χ2v) is 5.88. The number of nitrogens with one attached hydrogen (secondary N) is 1. The molecule has 24 heavy (non-hydrogen) atoms. The maximum Gasteiger partial charge on any atom is 0.206 e. The van der Waals surface area contributed by atoms with Crippen molar-refractivity contribution in [3.8, 4) is 0 Å². The normalized spacial score (nSPS) is 11.5. The summed E-state index contributed by atoms with van der Waals surface area (Å²) in [7, 11) is 0. The third-order valence-electron chi connectivity index (χ3n) is 3.98. The van der Waals surface area contributed by atoms with E-state index in [-0.39, 0.29) is 5.78 Å². The van der Waals surface area contributed by atoms with Gasteiger partial charge in [0.05, 0.1) is 5.52 Å². The summed E-state index contributed by atoms with van der Waals surface area (Å²) in [5.41, 5.74) is 2.96. The van der Waals surface area contributed by atoms with Crippen molar-refractivity contribution in [1.82, 2.24) is 9.97 Å². The lowest BCUT2D eigenvalue weighted by atomic mass is 10.1. The number of para-hydroxylation sites is 1. The number of carbonyl (C=O) groups excluding carboxylic acids is 1. The molecule has 0 radical (unpaired) electrons. The Balaban J connectivity index is 1.79. The van der Waals surface area contributed by atoms with Gasteiger partial charge < -0.3 is 4.98 Å². The quantitative estimate of drug-likeness (QED) is 0.410. The number of H-pyrrole nitrogens is 1. The summed E-state index contributed by atoms with van der Waals surface area (Å²) >= 11 is 6.12. The number of fused-ring (bicyclic) bond motifs is 3. The molecule has 0 saturated heterocycles. The molecular weight excluding hydrogens is 320 g/mol. The second kappa shape index (κ2) is 5.95. The number of hydrogen-bond acceptors (Lipinski definition) is 2. The Kier molecular flexibility index (Phi) is 3.63. The standard InChI is InChI=1S/C20H13ClN2O/c21-16-7-3-1-5-13(16)9-10-18(24)20-19-15(11-12-22-20)14-6-2-4-8-17(14)23-19/h1-12,23H/b10-9+. The van der Waals surface area contributed by atoms with Gasteiger partial charge in [-0.3, -0.25) is 9.78 Å². The fourth-order valence-corrected chi connectivity index (χ4v) is 3.01. The van der Waals surface area contributed by atoms with E-state index in [1.54, 1.807) is 18.3 Å². The van der Waals surface area contributed by atoms with Crippen molar-refractivity contribution in [2.45, 2.75) is 0 Å². The van der Waals surface area contributed by atoms with E-state index in [9.17, 15) is 4.79 Å². The molecule has 0 fully saturated rings. The number of halogens is 1. The maximum absolute atomic E-state index is 12.6. The average molecular weight is 333 g/mol. The van der Waals surface area contributed by atoms with Gasteiger partial charge in [0.25, 0.3) is 0 Å². The first-order valence-electron chi connectivity index (χ1n) is 7.56. The van der Waals surface area contributed by atoms with Crippen molar-refractivity contribution in [1.29, 1.82) is 0 Å². The highest BCUT2D eigenvalue weighted by atomic mass is 35.5. The molecule has 3 nitrogen and oxygen atoms in total. The number of allylic oxidation sites excluding steroid dienone is 1. The Labute approximate surface area is 143 Å². The lowest BCUT2D eigenvalue weighted by molar-refractivity contribution is 0.104. The lowest BCUT2D eigenvalue weighted by Gasteiger charge is -1.99. The summed E-state index contributed by atoms with van der Waals surface area (Å²) < 4.78 is 0. The summed E-state index contributed by atoms with van der Waals surface area (Å²) in [6, 6.07) is 17.3. The molecule has 1 N–H and O–H groups in total. The Bertz CT molecular complexity index is 1100. The van der Waals surface area contributed by atoms with Gasteiger partial charge in [0.15, 0.2) is 0 Å².